The Morgan fingerprint density at radius 3 is 2.75 bits per heavy atom. The number of aromatic hydroxyl groups is 1. The first-order valence-corrected chi connectivity index (χ1v) is 6.99. The number of rotatable bonds is 6. The number of hydrogen-bond donors (Lipinski definition) is 2. The van der Waals surface area contributed by atoms with Gasteiger partial charge in [-0.1, -0.05) is 25.0 Å². The summed E-state index contributed by atoms with van der Waals surface area (Å²) in [5.41, 5.74) is 6.10. The van der Waals surface area contributed by atoms with E-state index in [1.807, 2.05) is 12.1 Å². The molecule has 5 heteroatoms. The van der Waals surface area contributed by atoms with E-state index in [9.17, 15) is 9.90 Å². The van der Waals surface area contributed by atoms with E-state index in [1.54, 1.807) is 6.07 Å². The van der Waals surface area contributed by atoms with E-state index in [-0.39, 0.29) is 18.2 Å². The topological polar surface area (TPSA) is 75.8 Å². The van der Waals surface area contributed by atoms with Crippen molar-refractivity contribution in [3.8, 4) is 11.5 Å². The van der Waals surface area contributed by atoms with E-state index in [2.05, 4.69) is 4.90 Å². The van der Waals surface area contributed by atoms with Crippen molar-refractivity contribution in [2.75, 3.05) is 13.7 Å². The van der Waals surface area contributed by atoms with Gasteiger partial charge in [0.25, 0.3) is 0 Å². The van der Waals surface area contributed by atoms with Crippen LogP contribution in [0.5, 0.6) is 11.5 Å². The predicted molar refractivity (Wildman–Crippen MR) is 76.5 cm³/mol. The summed E-state index contributed by atoms with van der Waals surface area (Å²) in [5, 5.41) is 10.1. The third kappa shape index (κ3) is 3.42. The van der Waals surface area contributed by atoms with Gasteiger partial charge in [0.15, 0.2) is 11.5 Å². The van der Waals surface area contributed by atoms with E-state index >= 15 is 0 Å². The van der Waals surface area contributed by atoms with Crippen molar-refractivity contribution in [3.63, 3.8) is 0 Å². The number of ether oxygens (including phenoxy) is 1. The maximum Gasteiger partial charge on any atom is 0.231 e. The highest BCUT2D eigenvalue weighted by molar-refractivity contribution is 5.76. The summed E-state index contributed by atoms with van der Waals surface area (Å²) in [5.74, 6) is 0.259. The molecule has 0 heterocycles. The van der Waals surface area contributed by atoms with Crippen molar-refractivity contribution >= 4 is 5.91 Å². The third-order valence-electron chi connectivity index (χ3n) is 3.88. The molecular formula is C15H22N2O3. The van der Waals surface area contributed by atoms with Crippen LogP contribution >= 0.6 is 0 Å². The lowest BCUT2D eigenvalue weighted by Crippen LogP contribution is -2.39. The van der Waals surface area contributed by atoms with Gasteiger partial charge in [0, 0.05) is 18.2 Å². The van der Waals surface area contributed by atoms with Crippen LogP contribution in [-0.4, -0.2) is 35.6 Å². The van der Waals surface area contributed by atoms with Gasteiger partial charge in [-0.15, -0.1) is 0 Å². The number of nitrogens with zero attached hydrogens (tertiary/aromatic N) is 1. The SMILES string of the molecule is COc1cccc(CN(CC(N)=O)C2CCCC2)c1O. The number of carbonyl (C=O) groups is 1. The Labute approximate surface area is 119 Å². The molecule has 1 amide bonds. The van der Waals surface area contributed by atoms with Gasteiger partial charge in [-0.2, -0.15) is 0 Å². The van der Waals surface area contributed by atoms with Gasteiger partial charge in [0.05, 0.1) is 13.7 Å². The zero-order valence-corrected chi connectivity index (χ0v) is 11.8. The quantitative estimate of drug-likeness (QED) is 0.829. The Bertz CT molecular complexity index is 470. The molecule has 1 aliphatic carbocycles. The molecule has 110 valence electrons. The minimum absolute atomic E-state index is 0.141. The largest absolute Gasteiger partial charge is 0.504 e. The molecule has 0 saturated heterocycles. The molecule has 20 heavy (non-hydrogen) atoms. The minimum Gasteiger partial charge on any atom is -0.504 e. The van der Waals surface area contributed by atoms with Gasteiger partial charge in [-0.05, 0) is 18.9 Å². The van der Waals surface area contributed by atoms with Crippen LogP contribution < -0.4 is 10.5 Å². The van der Waals surface area contributed by atoms with Gasteiger partial charge in [0.1, 0.15) is 0 Å². The van der Waals surface area contributed by atoms with Crippen molar-refractivity contribution < 1.29 is 14.6 Å². The average Bonchev–Trinajstić information content (AvgIpc) is 2.93. The van der Waals surface area contributed by atoms with Crippen molar-refractivity contribution in [1.82, 2.24) is 4.90 Å². The van der Waals surface area contributed by atoms with E-state index in [4.69, 9.17) is 10.5 Å². The number of benzene rings is 1. The average molecular weight is 278 g/mol. The Morgan fingerprint density at radius 1 is 1.45 bits per heavy atom. The lowest BCUT2D eigenvalue weighted by Gasteiger charge is -2.28. The first-order chi connectivity index (χ1) is 9.61. The number of nitrogens with two attached hydrogens (primary N) is 1. The Kier molecular flexibility index (Phi) is 4.84. The maximum atomic E-state index is 11.3. The second kappa shape index (κ2) is 6.61. The van der Waals surface area contributed by atoms with Gasteiger partial charge >= 0.3 is 0 Å². The second-order valence-electron chi connectivity index (χ2n) is 5.28. The standard InChI is InChI=1S/C15H22N2O3/c1-20-13-8-4-5-11(15(13)19)9-17(10-14(16)18)12-6-2-3-7-12/h4-5,8,12,19H,2-3,6-7,9-10H2,1H3,(H2,16,18). The zero-order valence-electron chi connectivity index (χ0n) is 11.8. The van der Waals surface area contributed by atoms with Crippen LogP contribution in [0.15, 0.2) is 18.2 Å². The third-order valence-corrected chi connectivity index (χ3v) is 3.88. The molecule has 5 nitrogen and oxygen atoms in total. The molecule has 1 saturated carbocycles. The highest BCUT2D eigenvalue weighted by Gasteiger charge is 2.24. The molecule has 1 aromatic carbocycles. The van der Waals surface area contributed by atoms with E-state index in [0.29, 0.717) is 18.3 Å². The van der Waals surface area contributed by atoms with Crippen molar-refractivity contribution in [3.05, 3.63) is 23.8 Å². The molecule has 0 radical (unpaired) electrons. The first kappa shape index (κ1) is 14.7. The van der Waals surface area contributed by atoms with Crippen LogP contribution in [0.25, 0.3) is 0 Å². The lowest BCUT2D eigenvalue weighted by atomic mass is 10.1. The van der Waals surface area contributed by atoms with Crippen molar-refractivity contribution in [1.29, 1.82) is 0 Å². The van der Waals surface area contributed by atoms with E-state index < -0.39 is 0 Å². The number of carbonyl (C=O) groups excluding carboxylic acids is 1. The monoisotopic (exact) mass is 278 g/mol. The van der Waals surface area contributed by atoms with Gasteiger partial charge in [-0.3, -0.25) is 9.69 Å². The van der Waals surface area contributed by atoms with Crippen LogP contribution in [0.3, 0.4) is 0 Å². The number of amides is 1. The number of phenolic OH excluding ortho intramolecular Hbond substituents is 1. The summed E-state index contributed by atoms with van der Waals surface area (Å²) in [6.45, 7) is 0.734. The molecule has 0 aliphatic heterocycles. The Hall–Kier alpha value is -1.75. The molecule has 0 atom stereocenters. The number of primary amides is 1. The summed E-state index contributed by atoms with van der Waals surface area (Å²) >= 11 is 0. The summed E-state index contributed by atoms with van der Waals surface area (Å²) in [6.07, 6.45) is 4.53. The molecule has 0 spiro atoms. The molecule has 1 aromatic rings. The smallest absolute Gasteiger partial charge is 0.231 e. The summed E-state index contributed by atoms with van der Waals surface area (Å²) < 4.78 is 5.11. The molecule has 3 N–H and O–H groups in total. The van der Waals surface area contributed by atoms with Crippen LogP contribution in [0, 0.1) is 0 Å². The molecular weight excluding hydrogens is 256 g/mol. The van der Waals surface area contributed by atoms with Crippen LogP contribution in [0.2, 0.25) is 0 Å². The summed E-state index contributed by atoms with van der Waals surface area (Å²) in [4.78, 5) is 13.3. The minimum atomic E-state index is -0.334. The van der Waals surface area contributed by atoms with Gasteiger partial charge in [-0.25, -0.2) is 0 Å². The fourth-order valence-electron chi connectivity index (χ4n) is 2.86. The molecule has 0 aromatic heterocycles. The van der Waals surface area contributed by atoms with E-state index in [1.165, 1.54) is 20.0 Å². The van der Waals surface area contributed by atoms with E-state index in [0.717, 1.165) is 18.4 Å². The molecule has 0 unspecified atom stereocenters. The number of methoxy groups -OCH3 is 1. The van der Waals surface area contributed by atoms with Crippen LogP contribution in [-0.2, 0) is 11.3 Å². The fraction of sp³-hybridized carbons (Fsp3) is 0.533. The first-order valence-electron chi connectivity index (χ1n) is 6.99. The number of para-hydroxylation sites is 1. The maximum absolute atomic E-state index is 11.3. The zero-order chi connectivity index (χ0) is 14.5. The van der Waals surface area contributed by atoms with Gasteiger partial charge in [0.2, 0.25) is 5.91 Å². The van der Waals surface area contributed by atoms with Crippen molar-refractivity contribution in [2.24, 2.45) is 5.73 Å². The number of phenols is 1. The highest BCUT2D eigenvalue weighted by atomic mass is 16.5. The fourth-order valence-corrected chi connectivity index (χ4v) is 2.86. The highest BCUT2D eigenvalue weighted by Crippen LogP contribution is 2.32. The molecule has 0 bridgehead atoms. The molecule has 2 rings (SSSR count). The normalized spacial score (nSPS) is 15.7. The van der Waals surface area contributed by atoms with Crippen molar-refractivity contribution in [2.45, 2.75) is 38.3 Å². The Balaban J connectivity index is 2.16. The predicted octanol–water partition coefficient (Wildman–Crippen LogP) is 1.63. The second-order valence-corrected chi connectivity index (χ2v) is 5.28. The number of hydrogen-bond acceptors (Lipinski definition) is 4. The Morgan fingerprint density at radius 2 is 2.15 bits per heavy atom. The van der Waals surface area contributed by atoms with Crippen LogP contribution in [0.1, 0.15) is 31.2 Å². The van der Waals surface area contributed by atoms with Crippen LogP contribution in [0.4, 0.5) is 0 Å². The lowest BCUT2D eigenvalue weighted by molar-refractivity contribution is -0.119. The summed E-state index contributed by atoms with van der Waals surface area (Å²) in [6, 6.07) is 5.77. The molecule has 1 aliphatic rings. The van der Waals surface area contributed by atoms with Gasteiger partial charge < -0.3 is 15.6 Å². The summed E-state index contributed by atoms with van der Waals surface area (Å²) in [7, 11) is 1.52. The molecule has 1 fully saturated rings.